The highest BCUT2D eigenvalue weighted by molar-refractivity contribution is 7.89. The standard InChI is InChI=1S/C23H30N2O5S/c1-16-10-12-25(13-11-16)31(27,28)20-7-5-6-18(14-20)23(26)24-17(2)21-15-19(29-3)8-9-22(21)30-4/h5-9,14-17H,10-13H2,1-4H3,(H,24,26)/t17-/m0/s1. The lowest BCUT2D eigenvalue weighted by Crippen LogP contribution is -2.38. The second kappa shape index (κ2) is 9.70. The SMILES string of the molecule is COc1ccc(OC)c([C@H](C)NC(=O)c2cccc(S(=O)(=O)N3CCC(C)CC3)c2)c1. The van der Waals surface area contributed by atoms with E-state index >= 15 is 0 Å². The van der Waals surface area contributed by atoms with Gasteiger partial charge in [0, 0.05) is 24.2 Å². The molecule has 1 atom stereocenters. The Labute approximate surface area is 184 Å². The largest absolute Gasteiger partial charge is 0.497 e. The third kappa shape index (κ3) is 5.19. The number of nitrogens with zero attached hydrogens (tertiary/aromatic N) is 1. The highest BCUT2D eigenvalue weighted by Crippen LogP contribution is 2.29. The third-order valence-corrected chi connectivity index (χ3v) is 7.62. The van der Waals surface area contributed by atoms with E-state index in [0.717, 1.165) is 18.4 Å². The van der Waals surface area contributed by atoms with Crippen LogP contribution in [-0.2, 0) is 10.0 Å². The van der Waals surface area contributed by atoms with Crippen LogP contribution in [0, 0.1) is 5.92 Å². The molecule has 1 amide bonds. The Morgan fingerprint density at radius 2 is 1.81 bits per heavy atom. The number of hydrogen-bond acceptors (Lipinski definition) is 5. The fourth-order valence-corrected chi connectivity index (χ4v) is 5.22. The van der Waals surface area contributed by atoms with Crippen molar-refractivity contribution in [3.8, 4) is 11.5 Å². The minimum absolute atomic E-state index is 0.140. The fourth-order valence-electron chi connectivity index (χ4n) is 3.71. The first-order valence-electron chi connectivity index (χ1n) is 10.4. The number of methoxy groups -OCH3 is 2. The van der Waals surface area contributed by atoms with Gasteiger partial charge in [0.05, 0.1) is 25.2 Å². The van der Waals surface area contributed by atoms with Gasteiger partial charge in [0.25, 0.3) is 5.91 Å². The summed E-state index contributed by atoms with van der Waals surface area (Å²) in [5.41, 5.74) is 1.06. The van der Waals surface area contributed by atoms with Gasteiger partial charge in [0.2, 0.25) is 10.0 Å². The molecule has 1 aliphatic rings. The molecule has 8 heteroatoms. The van der Waals surface area contributed by atoms with Crippen molar-refractivity contribution in [1.29, 1.82) is 0 Å². The molecule has 1 heterocycles. The molecule has 1 N–H and O–H groups in total. The molecule has 0 spiro atoms. The van der Waals surface area contributed by atoms with Gasteiger partial charge in [0.1, 0.15) is 11.5 Å². The molecule has 0 unspecified atom stereocenters. The lowest BCUT2D eigenvalue weighted by molar-refractivity contribution is 0.0939. The number of nitrogens with one attached hydrogen (secondary N) is 1. The summed E-state index contributed by atoms with van der Waals surface area (Å²) in [6.07, 6.45) is 1.69. The van der Waals surface area contributed by atoms with Crippen LogP contribution in [0.25, 0.3) is 0 Å². The van der Waals surface area contributed by atoms with E-state index in [1.165, 1.54) is 10.4 Å². The van der Waals surface area contributed by atoms with E-state index < -0.39 is 10.0 Å². The van der Waals surface area contributed by atoms with Gasteiger partial charge in [-0.1, -0.05) is 13.0 Å². The lowest BCUT2D eigenvalue weighted by Gasteiger charge is -2.29. The second-order valence-electron chi connectivity index (χ2n) is 7.92. The maximum Gasteiger partial charge on any atom is 0.251 e. The molecule has 0 radical (unpaired) electrons. The first kappa shape index (κ1) is 23.1. The van der Waals surface area contributed by atoms with Crippen molar-refractivity contribution in [2.75, 3.05) is 27.3 Å². The minimum atomic E-state index is -3.62. The Bertz CT molecular complexity index is 1030. The summed E-state index contributed by atoms with van der Waals surface area (Å²) in [6.45, 7) is 4.98. The molecule has 7 nitrogen and oxygen atoms in total. The maximum atomic E-state index is 13.0. The van der Waals surface area contributed by atoms with Crippen LogP contribution in [0.5, 0.6) is 11.5 Å². The van der Waals surface area contributed by atoms with Gasteiger partial charge < -0.3 is 14.8 Å². The topological polar surface area (TPSA) is 84.9 Å². The predicted molar refractivity (Wildman–Crippen MR) is 119 cm³/mol. The van der Waals surface area contributed by atoms with Crippen molar-refractivity contribution in [3.63, 3.8) is 0 Å². The van der Waals surface area contributed by atoms with E-state index in [4.69, 9.17) is 9.47 Å². The summed E-state index contributed by atoms with van der Waals surface area (Å²) in [5.74, 6) is 1.45. The van der Waals surface area contributed by atoms with Crippen molar-refractivity contribution >= 4 is 15.9 Å². The number of piperidine rings is 1. The van der Waals surface area contributed by atoms with Gasteiger partial charge in [-0.3, -0.25) is 4.79 Å². The molecule has 168 valence electrons. The van der Waals surface area contributed by atoms with Crippen LogP contribution in [-0.4, -0.2) is 45.9 Å². The Hall–Kier alpha value is -2.58. The summed E-state index contributed by atoms with van der Waals surface area (Å²) in [4.78, 5) is 13.0. The number of carbonyl (C=O) groups is 1. The van der Waals surface area contributed by atoms with Crippen molar-refractivity contribution in [2.24, 2.45) is 5.92 Å². The highest BCUT2D eigenvalue weighted by Gasteiger charge is 2.28. The summed E-state index contributed by atoms with van der Waals surface area (Å²) < 4.78 is 38.2. The molecule has 31 heavy (non-hydrogen) atoms. The molecule has 1 saturated heterocycles. The molecule has 0 aliphatic carbocycles. The zero-order chi connectivity index (χ0) is 22.6. The van der Waals surface area contributed by atoms with E-state index in [0.29, 0.717) is 36.1 Å². The van der Waals surface area contributed by atoms with Gasteiger partial charge in [0.15, 0.2) is 0 Å². The van der Waals surface area contributed by atoms with Gasteiger partial charge in [-0.2, -0.15) is 4.31 Å². The molecule has 3 rings (SSSR count). The lowest BCUT2D eigenvalue weighted by atomic mass is 10.0. The average molecular weight is 447 g/mol. The highest BCUT2D eigenvalue weighted by atomic mass is 32.2. The van der Waals surface area contributed by atoms with Crippen molar-refractivity contribution < 1.29 is 22.7 Å². The normalized spacial score (nSPS) is 16.5. The first-order chi connectivity index (χ1) is 14.8. The minimum Gasteiger partial charge on any atom is -0.497 e. The Balaban J connectivity index is 1.79. The summed E-state index contributed by atoms with van der Waals surface area (Å²) in [7, 11) is -0.487. The average Bonchev–Trinajstić information content (AvgIpc) is 2.78. The number of amides is 1. The zero-order valence-corrected chi connectivity index (χ0v) is 19.2. The molecular weight excluding hydrogens is 416 g/mol. The molecule has 0 saturated carbocycles. The molecule has 1 fully saturated rings. The molecule has 2 aromatic rings. The van der Waals surface area contributed by atoms with Crippen molar-refractivity contribution in [1.82, 2.24) is 9.62 Å². The van der Waals surface area contributed by atoms with Crippen LogP contribution in [0.1, 0.15) is 48.7 Å². The van der Waals surface area contributed by atoms with Crippen LogP contribution < -0.4 is 14.8 Å². The predicted octanol–water partition coefficient (Wildman–Crippen LogP) is 3.62. The quantitative estimate of drug-likeness (QED) is 0.702. The van der Waals surface area contributed by atoms with E-state index in [1.54, 1.807) is 44.6 Å². The third-order valence-electron chi connectivity index (χ3n) is 5.73. The van der Waals surface area contributed by atoms with E-state index in [2.05, 4.69) is 12.2 Å². The number of ether oxygens (including phenoxy) is 2. The van der Waals surface area contributed by atoms with Gasteiger partial charge >= 0.3 is 0 Å². The van der Waals surface area contributed by atoms with E-state index in [9.17, 15) is 13.2 Å². The fraction of sp³-hybridized carbons (Fsp3) is 0.435. The summed E-state index contributed by atoms with van der Waals surface area (Å²) >= 11 is 0. The Morgan fingerprint density at radius 1 is 1.10 bits per heavy atom. The molecule has 2 aromatic carbocycles. The number of rotatable bonds is 7. The van der Waals surface area contributed by atoms with Crippen LogP contribution >= 0.6 is 0 Å². The molecular formula is C23H30N2O5S. The van der Waals surface area contributed by atoms with E-state index in [-0.39, 0.29) is 16.8 Å². The molecule has 0 bridgehead atoms. The van der Waals surface area contributed by atoms with Gasteiger partial charge in [-0.25, -0.2) is 8.42 Å². The Kier molecular flexibility index (Phi) is 7.23. The van der Waals surface area contributed by atoms with Crippen molar-refractivity contribution in [2.45, 2.75) is 37.6 Å². The number of benzene rings is 2. The zero-order valence-electron chi connectivity index (χ0n) is 18.4. The summed E-state index contributed by atoms with van der Waals surface area (Å²) in [5, 5.41) is 2.92. The number of sulfonamides is 1. The monoisotopic (exact) mass is 446 g/mol. The van der Waals surface area contributed by atoms with Crippen LogP contribution in [0.2, 0.25) is 0 Å². The summed E-state index contributed by atoms with van der Waals surface area (Å²) in [6, 6.07) is 11.2. The first-order valence-corrected chi connectivity index (χ1v) is 11.8. The Morgan fingerprint density at radius 3 is 2.45 bits per heavy atom. The van der Waals surface area contributed by atoms with Gasteiger partial charge in [-0.15, -0.1) is 0 Å². The van der Waals surface area contributed by atoms with Gasteiger partial charge in [-0.05, 0) is 62.1 Å². The number of hydrogen-bond donors (Lipinski definition) is 1. The molecule has 0 aromatic heterocycles. The van der Waals surface area contributed by atoms with Crippen LogP contribution in [0.15, 0.2) is 47.4 Å². The molecule has 1 aliphatic heterocycles. The van der Waals surface area contributed by atoms with Crippen molar-refractivity contribution in [3.05, 3.63) is 53.6 Å². The number of carbonyl (C=O) groups excluding carboxylic acids is 1. The van der Waals surface area contributed by atoms with Crippen LogP contribution in [0.4, 0.5) is 0 Å². The van der Waals surface area contributed by atoms with Crippen LogP contribution in [0.3, 0.4) is 0 Å². The van der Waals surface area contributed by atoms with E-state index in [1.807, 2.05) is 13.0 Å². The maximum absolute atomic E-state index is 13.0. The smallest absolute Gasteiger partial charge is 0.251 e. The second-order valence-corrected chi connectivity index (χ2v) is 9.86.